The van der Waals surface area contributed by atoms with Crippen molar-refractivity contribution in [3.8, 4) is 0 Å². The van der Waals surface area contributed by atoms with E-state index in [9.17, 15) is 0 Å². The zero-order valence-corrected chi connectivity index (χ0v) is 22.3. The number of fused-ring (bicyclic) bond motifs is 3. The fraction of sp³-hybridized carbons (Fsp3) is 0.292. The molecule has 0 heterocycles. The van der Waals surface area contributed by atoms with Gasteiger partial charge >= 0.3 is 41.9 Å². The van der Waals surface area contributed by atoms with Crippen LogP contribution >= 0.6 is 0 Å². The molecule has 0 radical (unpaired) electrons. The van der Waals surface area contributed by atoms with Gasteiger partial charge in [-0.15, -0.1) is 46.2 Å². The Bertz CT molecular complexity index is 892. The maximum Gasteiger partial charge on any atom is -0.0771 e. The predicted molar refractivity (Wildman–Crippen MR) is 114 cm³/mol. The van der Waals surface area contributed by atoms with Gasteiger partial charge in [0.15, 0.2) is 0 Å². The van der Waals surface area contributed by atoms with Crippen molar-refractivity contribution in [2.45, 2.75) is 40.3 Å². The molecule has 0 spiro atoms. The number of allylic oxidation sites excluding steroid dienone is 4. The van der Waals surface area contributed by atoms with Crippen LogP contribution in [0.3, 0.4) is 0 Å². The van der Waals surface area contributed by atoms with Gasteiger partial charge in [0.2, 0.25) is 0 Å². The fourth-order valence-electron chi connectivity index (χ4n) is 2.82. The minimum atomic E-state index is 0. The van der Waals surface area contributed by atoms with Crippen LogP contribution in [-0.4, -0.2) is 5.43 Å². The van der Waals surface area contributed by atoms with Crippen LogP contribution in [-0.2, 0) is 23.3 Å². The second kappa shape index (κ2) is 12.9. The van der Waals surface area contributed by atoms with Gasteiger partial charge in [-0.2, -0.15) is 11.6 Å². The SMILES string of the molecule is CC(C)(C)C1=CC[C-]=C1.C[Si](C)=[Zr+2].[Cl-].[Cl-].c1ccc2c(c1)[cH-]c1ccccc12. The van der Waals surface area contributed by atoms with Crippen molar-refractivity contribution in [3.63, 3.8) is 0 Å². The molecule has 0 nitrogen and oxygen atoms in total. The first-order valence-corrected chi connectivity index (χ1v) is 15.3. The van der Waals surface area contributed by atoms with Crippen LogP contribution in [0.15, 0.2) is 72.3 Å². The molecule has 3 aromatic carbocycles. The standard InChI is InChI=1S/C13H9.C9H13.C2H6Si.2ClH.Zr/c1-3-7-12-10(5-1)9-11-6-2-4-8-13(11)12;1-9(2,3)8-6-4-5-7-8;1-3-2;;;/h1-9H;6-7H,4H2,1-3H3;1-2H3;2*1H;/q2*-1;;;;+2/p-2. The number of rotatable bonds is 0. The van der Waals surface area contributed by atoms with Crippen molar-refractivity contribution in [2.75, 3.05) is 0 Å². The van der Waals surface area contributed by atoms with Gasteiger partial charge in [-0.3, -0.25) is 6.08 Å². The van der Waals surface area contributed by atoms with E-state index in [0.717, 1.165) is 6.42 Å². The topological polar surface area (TPSA) is 0 Å². The van der Waals surface area contributed by atoms with Gasteiger partial charge in [0.05, 0.1) is 0 Å². The van der Waals surface area contributed by atoms with Crippen molar-refractivity contribution < 1.29 is 48.1 Å². The summed E-state index contributed by atoms with van der Waals surface area (Å²) in [5.41, 5.74) is 1.95. The second-order valence-electron chi connectivity index (χ2n) is 7.78. The zero-order chi connectivity index (χ0) is 19.2. The van der Waals surface area contributed by atoms with Crippen molar-refractivity contribution in [1.82, 2.24) is 0 Å². The summed E-state index contributed by atoms with van der Waals surface area (Å²) in [5, 5.41) is 5.39. The summed E-state index contributed by atoms with van der Waals surface area (Å²) < 4.78 is 0. The Morgan fingerprint density at radius 3 is 1.64 bits per heavy atom. The number of halogens is 2. The van der Waals surface area contributed by atoms with Crippen molar-refractivity contribution in [3.05, 3.63) is 78.4 Å². The number of hydrogen-bond acceptors (Lipinski definition) is 0. The Balaban J connectivity index is 0.000000432. The largest absolute Gasteiger partial charge is 1.00 e. The molecule has 0 unspecified atom stereocenters. The molecule has 1 aliphatic carbocycles. The third-order valence-corrected chi connectivity index (χ3v) is 4.09. The predicted octanol–water partition coefficient (Wildman–Crippen LogP) is 1.23. The molecule has 0 aromatic heterocycles. The van der Waals surface area contributed by atoms with Crippen LogP contribution in [0, 0.1) is 11.5 Å². The Hall–Kier alpha value is -0.530. The molecule has 0 amide bonds. The monoisotopic (exact) mass is 504 g/mol. The number of benzene rings is 2. The normalized spacial score (nSPS) is 12.0. The van der Waals surface area contributed by atoms with Gasteiger partial charge in [-0.25, -0.2) is 6.08 Å². The van der Waals surface area contributed by atoms with Crippen molar-refractivity contribution >= 4 is 27.0 Å². The van der Waals surface area contributed by atoms with Gasteiger partial charge in [0.25, 0.3) is 0 Å². The molecule has 4 rings (SSSR count). The molecule has 0 bridgehead atoms. The van der Waals surface area contributed by atoms with Gasteiger partial charge in [-0.05, 0) is 0 Å². The Kier molecular flexibility index (Phi) is 12.7. The molecule has 148 valence electrons. The Morgan fingerprint density at radius 1 is 0.893 bits per heavy atom. The Labute approximate surface area is 198 Å². The summed E-state index contributed by atoms with van der Waals surface area (Å²) in [5.74, 6) is 0. The third kappa shape index (κ3) is 8.46. The average Bonchev–Trinajstić information content (AvgIpc) is 3.22. The summed E-state index contributed by atoms with van der Waals surface area (Å²) in [7, 11) is 0. The van der Waals surface area contributed by atoms with Crippen LogP contribution in [0.4, 0.5) is 0 Å². The van der Waals surface area contributed by atoms with E-state index in [-0.39, 0.29) is 30.2 Å². The van der Waals surface area contributed by atoms with E-state index in [2.05, 4.69) is 107 Å². The smallest absolute Gasteiger partial charge is 0.0771 e. The van der Waals surface area contributed by atoms with Crippen LogP contribution in [0.1, 0.15) is 27.2 Å². The molecule has 0 saturated carbocycles. The maximum atomic E-state index is 3.16. The van der Waals surface area contributed by atoms with Crippen LogP contribution in [0.5, 0.6) is 0 Å². The minimum Gasteiger partial charge on any atom is -1.00 e. The first-order valence-electron chi connectivity index (χ1n) is 9.11. The number of hydrogen-bond donors (Lipinski definition) is 0. The molecule has 0 N–H and O–H groups in total. The molecule has 0 fully saturated rings. The first-order chi connectivity index (χ1) is 12.3. The van der Waals surface area contributed by atoms with Crippen LogP contribution < -0.4 is 24.8 Å². The molecule has 0 aliphatic heterocycles. The van der Waals surface area contributed by atoms with E-state index >= 15 is 0 Å². The summed E-state index contributed by atoms with van der Waals surface area (Å²) in [6.07, 6.45) is 8.50. The van der Waals surface area contributed by atoms with Gasteiger partial charge < -0.3 is 24.8 Å². The van der Waals surface area contributed by atoms with E-state index in [0.29, 0.717) is 5.41 Å². The van der Waals surface area contributed by atoms with E-state index in [1.54, 1.807) is 23.3 Å². The molecule has 0 saturated heterocycles. The molecule has 3 aromatic rings. The minimum absolute atomic E-state index is 0. The van der Waals surface area contributed by atoms with Crippen molar-refractivity contribution in [2.24, 2.45) is 5.41 Å². The maximum absolute atomic E-state index is 3.16. The quantitative estimate of drug-likeness (QED) is 0.318. The molecule has 0 atom stereocenters. The van der Waals surface area contributed by atoms with E-state index in [1.807, 2.05) is 0 Å². The van der Waals surface area contributed by atoms with Crippen LogP contribution in [0.25, 0.3) is 21.5 Å². The fourth-order valence-corrected chi connectivity index (χ4v) is 2.82. The zero-order valence-electron chi connectivity index (χ0n) is 17.3. The Morgan fingerprint density at radius 2 is 1.32 bits per heavy atom. The van der Waals surface area contributed by atoms with Crippen LogP contribution in [0.2, 0.25) is 13.1 Å². The van der Waals surface area contributed by atoms with Crippen molar-refractivity contribution in [1.29, 1.82) is 0 Å². The average molecular weight is 507 g/mol. The molecule has 1 aliphatic rings. The summed E-state index contributed by atoms with van der Waals surface area (Å²) in [6.45, 7) is 11.3. The summed E-state index contributed by atoms with van der Waals surface area (Å²) in [6, 6.07) is 19.3. The van der Waals surface area contributed by atoms with Gasteiger partial charge in [0, 0.05) is 0 Å². The third-order valence-electron chi connectivity index (χ3n) is 4.09. The molecular weight excluding hydrogens is 478 g/mol. The van der Waals surface area contributed by atoms with E-state index in [4.69, 9.17) is 0 Å². The van der Waals surface area contributed by atoms with Gasteiger partial charge in [-0.1, -0.05) is 62.6 Å². The molecule has 28 heavy (non-hydrogen) atoms. The van der Waals surface area contributed by atoms with E-state index < -0.39 is 0 Å². The summed E-state index contributed by atoms with van der Waals surface area (Å²) >= 11 is 1.74. The molecule has 4 heteroatoms. The van der Waals surface area contributed by atoms with E-state index in [1.165, 1.54) is 27.1 Å². The van der Waals surface area contributed by atoms with Gasteiger partial charge in [0.1, 0.15) is 0 Å². The second-order valence-corrected chi connectivity index (χ2v) is 17.2. The summed E-state index contributed by atoms with van der Waals surface area (Å²) in [4.78, 5) is 0. The first kappa shape index (κ1) is 27.5. The molecular formula is C24H28Cl2SiZr-2.